The molecule has 1 fully saturated rings. The Bertz CT molecular complexity index is 4340. The van der Waals surface area contributed by atoms with E-state index in [0.29, 0.717) is 174 Å². The Balaban J connectivity index is 0.482. The highest BCUT2D eigenvalue weighted by Gasteiger charge is 2.41. The minimum absolute atomic E-state index is 0.00870. The molecule has 0 radical (unpaired) electrons. The molecule has 8 amide bonds. The molecular formula is C84H101N9O22. The molecule has 31 nitrogen and oxygen atoms in total. The molecule has 0 bridgehead atoms. The van der Waals surface area contributed by atoms with Crippen LogP contribution in [0.2, 0.25) is 0 Å². The zero-order valence-electron chi connectivity index (χ0n) is 65.5. The summed E-state index contributed by atoms with van der Waals surface area (Å²) in [5, 5.41) is 11.1. The van der Waals surface area contributed by atoms with Crippen LogP contribution in [0.15, 0.2) is 137 Å². The minimum atomic E-state index is -0.947. The number of hydrogen-bond donors (Lipinski definition) is 4. The fourth-order valence-electron chi connectivity index (χ4n) is 13.2. The van der Waals surface area contributed by atoms with E-state index < -0.39 is 29.8 Å². The number of fused-ring (bicyclic) bond motifs is 5. The van der Waals surface area contributed by atoms with Gasteiger partial charge in [-0.15, -0.1) is 0 Å². The Morgan fingerprint density at radius 1 is 0.522 bits per heavy atom. The Morgan fingerprint density at radius 2 is 1.03 bits per heavy atom. The zero-order chi connectivity index (χ0) is 80.8. The van der Waals surface area contributed by atoms with E-state index in [-0.39, 0.29) is 119 Å². The van der Waals surface area contributed by atoms with Crippen LogP contribution in [0.5, 0.6) is 34.5 Å². The molecule has 1 aliphatic carbocycles. The van der Waals surface area contributed by atoms with Gasteiger partial charge in [-0.1, -0.05) is 74.6 Å². The van der Waals surface area contributed by atoms with Crippen LogP contribution >= 0.6 is 0 Å². The topological polar surface area (TPSA) is 348 Å². The molecule has 4 N–H and O–H groups in total. The molecule has 5 atom stereocenters. The number of carbonyl (C=O) groups is 8. The van der Waals surface area contributed by atoms with Crippen molar-refractivity contribution >= 4 is 87.9 Å². The summed E-state index contributed by atoms with van der Waals surface area (Å²) < 4.78 is 79.2. The number of nitrogens with one attached hydrogen (secondary N) is 4. The third-order valence-electron chi connectivity index (χ3n) is 19.4. The Morgan fingerprint density at radius 3 is 1.59 bits per heavy atom. The van der Waals surface area contributed by atoms with Crippen LogP contribution in [-0.4, -0.2) is 252 Å². The van der Waals surface area contributed by atoms with Crippen molar-refractivity contribution in [2.45, 2.75) is 83.5 Å². The number of nitrogens with zero attached hydrogens (tertiary/aromatic N) is 5. The van der Waals surface area contributed by atoms with Gasteiger partial charge in [0.25, 0.3) is 11.8 Å². The lowest BCUT2D eigenvalue weighted by Crippen LogP contribution is -2.53. The first-order valence-electron chi connectivity index (χ1n) is 38.7. The van der Waals surface area contributed by atoms with Crippen LogP contribution in [0.4, 0.5) is 17.1 Å². The van der Waals surface area contributed by atoms with Gasteiger partial charge in [0.15, 0.2) is 34.5 Å². The molecule has 0 aromatic heterocycles. The number of anilines is 1. The van der Waals surface area contributed by atoms with E-state index in [4.69, 9.17) is 76.3 Å². The average molecular weight is 1590 g/mol. The molecule has 0 saturated carbocycles. The first-order chi connectivity index (χ1) is 56.0. The summed E-state index contributed by atoms with van der Waals surface area (Å²) in [6.45, 7) is 11.6. The monoisotopic (exact) mass is 1590 g/mol. The van der Waals surface area contributed by atoms with Crippen LogP contribution in [0.3, 0.4) is 0 Å². The number of ether oxygens (including phenoxy) is 14. The Labute approximate surface area is 667 Å². The maximum Gasteiger partial charge on any atom is 0.260 e. The number of likely N-dealkylation sites (tertiary alicyclic amines) is 1. The third kappa shape index (κ3) is 24.1. The van der Waals surface area contributed by atoms with Crippen molar-refractivity contribution in [1.29, 1.82) is 0 Å². The zero-order valence-corrected chi connectivity index (χ0v) is 65.5. The molecule has 115 heavy (non-hydrogen) atoms. The van der Waals surface area contributed by atoms with Gasteiger partial charge in [0, 0.05) is 94.3 Å². The SMILES string of the molecule is COc1cc2c(cc1OCCCOc1cc3c(cc1OC)C(=O)N1C=C(c4ccc5c(c4)OCO5)C[C@H]1C=N3)N=C[C@@H]1CC(c3ccc(NC(=O)[C@H](C)NC(=O)C(NC(=O)CCOCCOCCOCCOCCOCCOCCOCCOCCNC(=O)CCN4C(=O)CC(C5=C/C=C\C=C/C=C\5)C4=O)C(C)C)cc3)=CN1C2=O. The number of benzene rings is 4. The molecule has 11 rings (SSSR count). The van der Waals surface area contributed by atoms with E-state index in [9.17, 15) is 38.4 Å². The quantitative estimate of drug-likeness (QED) is 0.0242. The summed E-state index contributed by atoms with van der Waals surface area (Å²) in [7, 11) is 3.02. The Hall–Kier alpha value is -10.9. The van der Waals surface area contributed by atoms with Gasteiger partial charge in [-0.05, 0) is 77.1 Å². The fourth-order valence-corrected chi connectivity index (χ4v) is 13.2. The van der Waals surface area contributed by atoms with Gasteiger partial charge in [0.1, 0.15) is 12.1 Å². The number of aliphatic imine (C=N–C) groups is 2. The van der Waals surface area contributed by atoms with Gasteiger partial charge < -0.3 is 97.4 Å². The molecular weight excluding hydrogens is 1490 g/mol. The lowest BCUT2D eigenvalue weighted by atomic mass is 9.95. The highest BCUT2D eigenvalue weighted by atomic mass is 16.7. The van der Waals surface area contributed by atoms with Crippen LogP contribution in [0.1, 0.15) is 91.1 Å². The number of rotatable bonds is 47. The largest absolute Gasteiger partial charge is 0.493 e. The van der Waals surface area contributed by atoms with Gasteiger partial charge >= 0.3 is 0 Å². The van der Waals surface area contributed by atoms with Crippen molar-refractivity contribution in [2.75, 3.05) is 158 Å². The van der Waals surface area contributed by atoms with E-state index in [1.54, 1.807) is 79.4 Å². The number of imide groups is 1. The van der Waals surface area contributed by atoms with Gasteiger partial charge in [-0.2, -0.15) is 0 Å². The van der Waals surface area contributed by atoms with Crippen molar-refractivity contribution in [3.8, 4) is 34.5 Å². The van der Waals surface area contributed by atoms with Crippen molar-refractivity contribution in [2.24, 2.45) is 21.8 Å². The molecule has 6 aliphatic heterocycles. The summed E-state index contributed by atoms with van der Waals surface area (Å²) in [5.41, 5.74) is 6.52. The lowest BCUT2D eigenvalue weighted by molar-refractivity contribution is -0.139. The molecule has 2 unspecified atom stereocenters. The molecule has 614 valence electrons. The van der Waals surface area contributed by atoms with E-state index in [2.05, 4.69) is 21.3 Å². The molecule has 1 saturated heterocycles. The van der Waals surface area contributed by atoms with Crippen molar-refractivity contribution in [1.82, 2.24) is 30.7 Å². The maximum absolute atomic E-state index is 14.2. The predicted octanol–water partition coefficient (Wildman–Crippen LogP) is 7.82. The second-order valence-corrected chi connectivity index (χ2v) is 27.8. The van der Waals surface area contributed by atoms with Gasteiger partial charge in [0.05, 0.1) is 174 Å². The molecule has 6 heterocycles. The molecule has 31 heteroatoms. The second-order valence-electron chi connectivity index (χ2n) is 27.8. The van der Waals surface area contributed by atoms with E-state index >= 15 is 0 Å². The van der Waals surface area contributed by atoms with Crippen LogP contribution in [0.25, 0.3) is 11.1 Å². The van der Waals surface area contributed by atoms with Crippen LogP contribution in [0, 0.1) is 11.8 Å². The first-order valence-corrected chi connectivity index (χ1v) is 38.7. The van der Waals surface area contributed by atoms with E-state index in [0.717, 1.165) is 27.8 Å². The van der Waals surface area contributed by atoms with Gasteiger partial charge in [0.2, 0.25) is 42.2 Å². The van der Waals surface area contributed by atoms with Crippen molar-refractivity contribution in [3.05, 3.63) is 149 Å². The number of allylic oxidation sites excluding steroid dienone is 7. The van der Waals surface area contributed by atoms with Crippen molar-refractivity contribution in [3.63, 3.8) is 0 Å². The lowest BCUT2D eigenvalue weighted by Gasteiger charge is -2.24. The number of methoxy groups -OCH3 is 2. The number of carbonyl (C=O) groups excluding carboxylic acids is 8. The molecule has 0 spiro atoms. The fraction of sp³-hybridized carbons (Fsp3) is 0.452. The minimum Gasteiger partial charge on any atom is -0.493 e. The van der Waals surface area contributed by atoms with Gasteiger partial charge in [-0.25, -0.2) is 0 Å². The summed E-state index contributed by atoms with van der Waals surface area (Å²) >= 11 is 0. The first kappa shape index (κ1) is 85.0. The Kier molecular flexibility index (Phi) is 32.2. The number of amides is 8. The van der Waals surface area contributed by atoms with E-state index in [1.807, 2.05) is 85.3 Å². The summed E-state index contributed by atoms with van der Waals surface area (Å²) in [6, 6.07) is 17.1. The molecule has 4 aromatic carbocycles. The highest BCUT2D eigenvalue weighted by molar-refractivity contribution is 6.08. The summed E-state index contributed by atoms with van der Waals surface area (Å²) in [6.07, 6.45) is 21.7. The summed E-state index contributed by atoms with van der Waals surface area (Å²) in [5.74, 6) is -0.570. The average Bonchev–Trinajstić information content (AvgIpc) is 1.65. The standard InChI is InChI=1S/C84H101N9O22/c1-55(2)79(90-77(95)21-26-104-28-30-106-32-34-108-36-38-110-40-41-111-39-37-109-35-33-107-31-29-105-27-22-85-76(94)20-23-91-78(96)47-65(82(91)99)58-12-9-7-6-8-10-13-58)81(98)88-56(3)80(97)89-62-17-14-57(15-18-62)60-42-63-50-86-68-48-74(71(102-4)45-66(68)83(100)92(63)52-60)112-24-11-25-113-75-49-69-67(46-72(75)103-5)84(101)93-53-61(43-64(93)51-87-69)59-16-19-70-73(44-59)115-54-114-70/h6-10,12-19,44-46,48-53,55-56,63-65,79H,11,20-43,47,54H2,1-5H3,(H,85,94)(H,88,98)(H,89,97)(H,90,95)/b7-6-,8-6?,9-7?,10-8-,12-9-,13-10?,58-12?,58-13+/t56-,63-,64-,65?,79?/m0/s1. The molecule has 7 aliphatic rings. The van der Waals surface area contributed by atoms with Crippen LogP contribution in [-0.2, 0) is 66.7 Å². The van der Waals surface area contributed by atoms with Crippen LogP contribution < -0.4 is 49.7 Å². The normalized spacial score (nSPS) is 18.8. The van der Waals surface area contributed by atoms with E-state index in [1.165, 1.54) is 19.1 Å². The third-order valence-corrected chi connectivity index (χ3v) is 19.4. The summed E-state index contributed by atoms with van der Waals surface area (Å²) in [4.78, 5) is 120. The smallest absolute Gasteiger partial charge is 0.260 e. The predicted molar refractivity (Wildman–Crippen MR) is 424 cm³/mol. The number of hydrogen-bond acceptors (Lipinski definition) is 24. The second kappa shape index (κ2) is 43.5. The maximum atomic E-state index is 14.2. The molecule has 4 aromatic rings. The highest BCUT2D eigenvalue weighted by Crippen LogP contribution is 2.44. The van der Waals surface area contributed by atoms with Crippen molar-refractivity contribution < 1.29 is 105 Å². The van der Waals surface area contributed by atoms with Gasteiger partial charge in [-0.3, -0.25) is 53.2 Å².